The predicted octanol–water partition coefficient (Wildman–Crippen LogP) is 3.14. The monoisotopic (exact) mass is 282 g/mol. The van der Waals surface area contributed by atoms with Crippen molar-refractivity contribution in [1.29, 1.82) is 5.26 Å². The fourth-order valence-corrected chi connectivity index (χ4v) is 1.89. The lowest BCUT2D eigenvalue weighted by Gasteiger charge is -2.09. The summed E-state index contributed by atoms with van der Waals surface area (Å²) in [5.41, 5.74) is 1.91. The maximum atomic E-state index is 11.8. The molecular formula is C17H18N2O2. The van der Waals surface area contributed by atoms with E-state index in [9.17, 15) is 4.79 Å². The Morgan fingerprint density at radius 2 is 1.90 bits per heavy atom. The van der Waals surface area contributed by atoms with E-state index >= 15 is 0 Å². The molecule has 1 N–H and O–H groups in total. The lowest BCUT2D eigenvalue weighted by Crippen LogP contribution is -2.12. The Kier molecular flexibility index (Phi) is 4.78. The number of nitrogens with one attached hydrogen (secondary N) is 1. The highest BCUT2D eigenvalue weighted by Gasteiger charge is 2.04. The zero-order valence-corrected chi connectivity index (χ0v) is 12.2. The molecule has 2 rings (SSSR count). The van der Waals surface area contributed by atoms with E-state index in [-0.39, 0.29) is 12.0 Å². The molecule has 4 nitrogen and oxygen atoms in total. The molecule has 0 atom stereocenters. The Bertz CT molecular complexity index is 694. The van der Waals surface area contributed by atoms with Crippen molar-refractivity contribution in [2.24, 2.45) is 5.92 Å². The zero-order chi connectivity index (χ0) is 15.2. The summed E-state index contributed by atoms with van der Waals surface area (Å²) in [7, 11) is 0. The number of hydrogen-bond acceptors (Lipinski definition) is 3. The quantitative estimate of drug-likeness (QED) is 0.916. The van der Waals surface area contributed by atoms with Crippen LogP contribution in [0.25, 0.3) is 11.3 Å². The third kappa shape index (κ3) is 3.96. The van der Waals surface area contributed by atoms with E-state index < -0.39 is 0 Å². The van der Waals surface area contributed by atoms with Gasteiger partial charge in [-0.1, -0.05) is 19.9 Å². The van der Waals surface area contributed by atoms with Crippen LogP contribution in [0.5, 0.6) is 5.75 Å². The molecule has 2 aromatic rings. The third-order valence-corrected chi connectivity index (χ3v) is 3.01. The van der Waals surface area contributed by atoms with E-state index in [0.717, 1.165) is 17.0 Å². The molecule has 21 heavy (non-hydrogen) atoms. The largest absolute Gasteiger partial charge is 0.493 e. The smallest absolute Gasteiger partial charge is 0.252 e. The Morgan fingerprint density at radius 1 is 1.19 bits per heavy atom. The first-order chi connectivity index (χ1) is 10.1. The highest BCUT2D eigenvalue weighted by Crippen LogP contribution is 2.20. The van der Waals surface area contributed by atoms with Crippen molar-refractivity contribution in [1.82, 2.24) is 4.98 Å². The van der Waals surface area contributed by atoms with E-state index in [1.165, 1.54) is 0 Å². The second-order valence-corrected chi connectivity index (χ2v) is 5.29. The summed E-state index contributed by atoms with van der Waals surface area (Å²) < 4.78 is 5.63. The summed E-state index contributed by atoms with van der Waals surface area (Å²) in [6, 6.07) is 13.1. The van der Waals surface area contributed by atoms with Crippen LogP contribution in [0.1, 0.15) is 19.4 Å². The number of nitriles is 1. The van der Waals surface area contributed by atoms with E-state index in [0.29, 0.717) is 18.1 Å². The summed E-state index contributed by atoms with van der Waals surface area (Å²) in [5, 5.41) is 8.63. The molecule has 0 fully saturated rings. The van der Waals surface area contributed by atoms with Gasteiger partial charge in [0.2, 0.25) is 0 Å². The minimum Gasteiger partial charge on any atom is -0.493 e. The van der Waals surface area contributed by atoms with Crippen LogP contribution in [0, 0.1) is 17.2 Å². The molecular weight excluding hydrogens is 264 g/mol. The predicted molar refractivity (Wildman–Crippen MR) is 82.1 cm³/mol. The van der Waals surface area contributed by atoms with Gasteiger partial charge in [0.1, 0.15) is 5.75 Å². The molecule has 108 valence electrons. The van der Waals surface area contributed by atoms with E-state index in [4.69, 9.17) is 10.00 Å². The lowest BCUT2D eigenvalue weighted by atomic mass is 10.1. The number of hydrogen-bond donors (Lipinski definition) is 1. The number of nitrogens with zero attached hydrogens (tertiary/aromatic N) is 1. The number of ether oxygens (including phenoxy) is 1. The molecule has 1 aromatic carbocycles. The Balaban J connectivity index is 2.17. The zero-order valence-electron chi connectivity index (χ0n) is 12.2. The standard InChI is InChI=1S/C17H18N2O2/c1-12(2)11-21-15-6-3-13(4-7-15)16-8-5-14(9-10-18)17(20)19-16/h3-8,12H,9,11H2,1-2H3,(H,19,20). The second-order valence-electron chi connectivity index (χ2n) is 5.29. The summed E-state index contributed by atoms with van der Waals surface area (Å²) in [5.74, 6) is 1.30. The first-order valence-corrected chi connectivity index (χ1v) is 6.92. The van der Waals surface area contributed by atoms with Gasteiger partial charge in [0, 0.05) is 11.3 Å². The van der Waals surface area contributed by atoms with Crippen LogP contribution in [-0.2, 0) is 6.42 Å². The molecule has 1 heterocycles. The Hall–Kier alpha value is -2.54. The number of aromatic nitrogens is 1. The number of aromatic amines is 1. The summed E-state index contributed by atoms with van der Waals surface area (Å²) in [6.07, 6.45) is 0.123. The van der Waals surface area contributed by atoms with E-state index in [1.54, 1.807) is 6.07 Å². The number of benzene rings is 1. The Morgan fingerprint density at radius 3 is 2.48 bits per heavy atom. The molecule has 1 aromatic heterocycles. The number of H-pyrrole nitrogens is 1. The Labute approximate surface area is 124 Å². The average molecular weight is 282 g/mol. The van der Waals surface area contributed by atoms with Gasteiger partial charge in [0.05, 0.1) is 19.1 Å². The molecule has 0 saturated carbocycles. The van der Waals surface area contributed by atoms with Crippen molar-refractivity contribution in [3.05, 3.63) is 52.3 Å². The van der Waals surface area contributed by atoms with Crippen LogP contribution >= 0.6 is 0 Å². The van der Waals surface area contributed by atoms with Gasteiger partial charge in [-0.05, 0) is 41.8 Å². The summed E-state index contributed by atoms with van der Waals surface area (Å²) in [4.78, 5) is 14.6. The summed E-state index contributed by atoms with van der Waals surface area (Å²) >= 11 is 0. The van der Waals surface area contributed by atoms with Crippen molar-refractivity contribution < 1.29 is 4.74 Å². The van der Waals surface area contributed by atoms with Gasteiger partial charge in [0.15, 0.2) is 0 Å². The molecule has 0 aliphatic rings. The second kappa shape index (κ2) is 6.76. The van der Waals surface area contributed by atoms with Crippen molar-refractivity contribution in [3.63, 3.8) is 0 Å². The van der Waals surface area contributed by atoms with Crippen LogP contribution in [0.15, 0.2) is 41.2 Å². The van der Waals surface area contributed by atoms with Crippen LogP contribution in [0.4, 0.5) is 0 Å². The van der Waals surface area contributed by atoms with E-state index in [2.05, 4.69) is 18.8 Å². The fraction of sp³-hybridized carbons (Fsp3) is 0.294. The third-order valence-electron chi connectivity index (χ3n) is 3.01. The minimum absolute atomic E-state index is 0.123. The molecule has 4 heteroatoms. The first kappa shape index (κ1) is 14.9. The normalized spacial score (nSPS) is 10.4. The minimum atomic E-state index is -0.214. The number of rotatable bonds is 5. The maximum Gasteiger partial charge on any atom is 0.252 e. The molecule has 0 aliphatic carbocycles. The van der Waals surface area contributed by atoms with Gasteiger partial charge in [-0.3, -0.25) is 4.79 Å². The van der Waals surface area contributed by atoms with Gasteiger partial charge in [-0.25, -0.2) is 0 Å². The van der Waals surface area contributed by atoms with Gasteiger partial charge < -0.3 is 9.72 Å². The molecule has 0 amide bonds. The van der Waals surface area contributed by atoms with Crippen molar-refractivity contribution in [2.45, 2.75) is 20.3 Å². The topological polar surface area (TPSA) is 65.9 Å². The maximum absolute atomic E-state index is 11.8. The molecule has 0 unspecified atom stereocenters. The van der Waals surface area contributed by atoms with Crippen molar-refractivity contribution >= 4 is 0 Å². The molecule has 0 bridgehead atoms. The number of pyridine rings is 1. The van der Waals surface area contributed by atoms with Gasteiger partial charge in [-0.2, -0.15) is 5.26 Å². The fourth-order valence-electron chi connectivity index (χ4n) is 1.89. The van der Waals surface area contributed by atoms with Crippen molar-refractivity contribution in [3.8, 4) is 23.1 Å². The van der Waals surface area contributed by atoms with Gasteiger partial charge >= 0.3 is 0 Å². The SMILES string of the molecule is CC(C)COc1ccc(-c2ccc(CC#N)c(=O)[nH]2)cc1. The van der Waals surface area contributed by atoms with Crippen LogP contribution in [0.2, 0.25) is 0 Å². The van der Waals surface area contributed by atoms with Gasteiger partial charge in [-0.15, -0.1) is 0 Å². The van der Waals surface area contributed by atoms with Crippen LogP contribution in [-0.4, -0.2) is 11.6 Å². The molecule has 0 radical (unpaired) electrons. The summed E-state index contributed by atoms with van der Waals surface area (Å²) in [6.45, 7) is 4.88. The molecule has 0 saturated heterocycles. The first-order valence-electron chi connectivity index (χ1n) is 6.92. The highest BCUT2D eigenvalue weighted by molar-refractivity contribution is 5.60. The average Bonchev–Trinajstić information content (AvgIpc) is 2.48. The highest BCUT2D eigenvalue weighted by atomic mass is 16.5. The molecule has 0 spiro atoms. The van der Waals surface area contributed by atoms with E-state index in [1.807, 2.05) is 36.4 Å². The van der Waals surface area contributed by atoms with Crippen LogP contribution in [0.3, 0.4) is 0 Å². The molecule has 0 aliphatic heterocycles. The van der Waals surface area contributed by atoms with Crippen LogP contribution < -0.4 is 10.3 Å². The lowest BCUT2D eigenvalue weighted by molar-refractivity contribution is 0.271. The van der Waals surface area contributed by atoms with Gasteiger partial charge in [0.25, 0.3) is 5.56 Å². The van der Waals surface area contributed by atoms with Crippen molar-refractivity contribution in [2.75, 3.05) is 6.61 Å².